The summed E-state index contributed by atoms with van der Waals surface area (Å²) in [6, 6.07) is 8.12. The first-order valence-electron chi connectivity index (χ1n) is 7.44. The second-order valence-corrected chi connectivity index (χ2v) is 6.42. The molecule has 1 N–H and O–H groups in total. The van der Waals surface area contributed by atoms with E-state index < -0.39 is 11.9 Å². The van der Waals surface area contributed by atoms with Crippen LogP contribution in [0.2, 0.25) is 0 Å². The van der Waals surface area contributed by atoms with Gasteiger partial charge in [0.1, 0.15) is 17.0 Å². The number of halogens is 3. The Kier molecular flexibility index (Phi) is 3.45. The van der Waals surface area contributed by atoms with Gasteiger partial charge >= 0.3 is 6.18 Å². The number of alkyl halides is 3. The minimum Gasteiger partial charge on any atom is -0.375 e. The summed E-state index contributed by atoms with van der Waals surface area (Å²) in [4.78, 5) is 9.35. The molecule has 1 aliphatic heterocycles. The van der Waals surface area contributed by atoms with Gasteiger partial charge in [0, 0.05) is 17.0 Å². The minimum absolute atomic E-state index is 0.234. The van der Waals surface area contributed by atoms with Crippen LogP contribution in [0.15, 0.2) is 35.2 Å². The second kappa shape index (κ2) is 5.41. The van der Waals surface area contributed by atoms with Crippen LogP contribution in [-0.2, 0) is 12.6 Å². The van der Waals surface area contributed by atoms with Crippen LogP contribution in [0.5, 0.6) is 0 Å². The van der Waals surface area contributed by atoms with Crippen LogP contribution in [0.3, 0.4) is 0 Å². The number of nitrogens with one attached hydrogen (secondary N) is 1. The van der Waals surface area contributed by atoms with Crippen molar-refractivity contribution in [3.63, 3.8) is 0 Å². The fourth-order valence-electron chi connectivity index (χ4n) is 2.78. The number of rotatable bonds is 2. The van der Waals surface area contributed by atoms with E-state index in [0.29, 0.717) is 17.8 Å². The van der Waals surface area contributed by atoms with Crippen LogP contribution < -0.4 is 5.32 Å². The molecule has 4 nitrogen and oxygen atoms in total. The van der Waals surface area contributed by atoms with E-state index >= 15 is 0 Å². The monoisotopic (exact) mass is 350 g/mol. The van der Waals surface area contributed by atoms with Gasteiger partial charge in [0.05, 0.1) is 11.6 Å². The van der Waals surface area contributed by atoms with Gasteiger partial charge in [-0.1, -0.05) is 6.92 Å². The van der Waals surface area contributed by atoms with Crippen molar-refractivity contribution in [2.24, 2.45) is 0 Å². The van der Waals surface area contributed by atoms with Crippen LogP contribution in [0.1, 0.15) is 18.4 Å². The highest BCUT2D eigenvalue weighted by atomic mass is 32.2. The van der Waals surface area contributed by atoms with Crippen molar-refractivity contribution < 1.29 is 13.2 Å². The van der Waals surface area contributed by atoms with Crippen molar-refractivity contribution in [3.05, 3.63) is 41.9 Å². The zero-order chi connectivity index (χ0) is 16.9. The van der Waals surface area contributed by atoms with Gasteiger partial charge in [0.2, 0.25) is 0 Å². The zero-order valence-electron chi connectivity index (χ0n) is 12.7. The third-order valence-electron chi connectivity index (χ3n) is 3.89. The van der Waals surface area contributed by atoms with Crippen LogP contribution >= 0.6 is 11.8 Å². The molecule has 4 rings (SSSR count). The fourth-order valence-corrected chi connectivity index (χ4v) is 3.66. The molecule has 1 aliphatic rings. The Balaban J connectivity index is 1.95. The Morgan fingerprint density at radius 3 is 2.79 bits per heavy atom. The summed E-state index contributed by atoms with van der Waals surface area (Å²) >= 11 is 1.66. The average Bonchev–Trinajstić information content (AvgIpc) is 3.16. The van der Waals surface area contributed by atoms with Gasteiger partial charge in [0.15, 0.2) is 5.65 Å². The lowest BCUT2D eigenvalue weighted by Crippen LogP contribution is -2.09. The number of hydrogen-bond acceptors (Lipinski definition) is 4. The van der Waals surface area contributed by atoms with E-state index in [-0.39, 0.29) is 5.65 Å². The third kappa shape index (κ3) is 2.41. The number of anilines is 1. The molecule has 0 unspecified atom stereocenters. The van der Waals surface area contributed by atoms with E-state index in [1.807, 2.05) is 25.1 Å². The highest BCUT2D eigenvalue weighted by Gasteiger charge is 2.33. The van der Waals surface area contributed by atoms with Gasteiger partial charge < -0.3 is 5.32 Å². The molecule has 0 saturated carbocycles. The third-order valence-corrected chi connectivity index (χ3v) is 4.83. The van der Waals surface area contributed by atoms with Crippen molar-refractivity contribution in [1.82, 2.24) is 14.5 Å². The molecule has 3 aromatic rings. The molecule has 0 saturated heterocycles. The largest absolute Gasteiger partial charge is 0.433 e. The first-order chi connectivity index (χ1) is 11.5. The summed E-state index contributed by atoms with van der Waals surface area (Å²) in [5.41, 5.74) is 1.60. The lowest BCUT2D eigenvalue weighted by Gasteiger charge is -2.10. The van der Waals surface area contributed by atoms with Crippen molar-refractivity contribution in [2.75, 3.05) is 11.2 Å². The molecule has 0 atom stereocenters. The molecule has 0 bridgehead atoms. The summed E-state index contributed by atoms with van der Waals surface area (Å²) in [6.45, 7) is 1.92. The summed E-state index contributed by atoms with van der Waals surface area (Å²) in [5, 5.41) is 3.24. The van der Waals surface area contributed by atoms with Gasteiger partial charge in [-0.05, 0) is 30.3 Å². The topological polar surface area (TPSA) is 42.7 Å². The molecule has 1 aromatic carbocycles. The standard InChI is InChI=1S/C16H13F3N4S/c1-2-14-21-11-5-6-13(16(17,18)19)22-15(11)23(14)9-3-4-10-12(7-9)24-8-20-10/h3-7,20H,2,8H2,1H3. The summed E-state index contributed by atoms with van der Waals surface area (Å²) in [6.07, 6.45) is -3.88. The maximum atomic E-state index is 13.0. The Morgan fingerprint density at radius 1 is 1.21 bits per heavy atom. The van der Waals surface area contributed by atoms with Crippen LogP contribution in [0, 0.1) is 0 Å². The SMILES string of the molecule is CCc1nc2ccc(C(F)(F)F)nc2n1-c1ccc2c(c1)SCN2. The van der Waals surface area contributed by atoms with Gasteiger partial charge in [-0.2, -0.15) is 13.2 Å². The number of aryl methyl sites for hydroxylation is 1. The number of imidazole rings is 1. The lowest BCUT2D eigenvalue weighted by molar-refractivity contribution is -0.141. The van der Waals surface area contributed by atoms with Crippen LogP contribution in [0.25, 0.3) is 16.9 Å². The molecule has 24 heavy (non-hydrogen) atoms. The van der Waals surface area contributed by atoms with Crippen molar-refractivity contribution in [1.29, 1.82) is 0 Å². The Bertz CT molecular complexity index is 933. The average molecular weight is 350 g/mol. The second-order valence-electron chi connectivity index (χ2n) is 5.40. The Hall–Kier alpha value is -2.22. The zero-order valence-corrected chi connectivity index (χ0v) is 13.5. The van der Waals surface area contributed by atoms with Crippen molar-refractivity contribution >= 4 is 28.6 Å². The van der Waals surface area contributed by atoms with Gasteiger partial charge in [-0.25, -0.2) is 9.97 Å². The number of hydrogen-bond donors (Lipinski definition) is 1. The number of thioether (sulfide) groups is 1. The van der Waals surface area contributed by atoms with Gasteiger partial charge in [-0.15, -0.1) is 11.8 Å². The number of fused-ring (bicyclic) bond motifs is 2. The van der Waals surface area contributed by atoms with Crippen molar-refractivity contribution in [2.45, 2.75) is 24.4 Å². The minimum atomic E-state index is -4.48. The van der Waals surface area contributed by atoms with Gasteiger partial charge in [0.25, 0.3) is 0 Å². The smallest absolute Gasteiger partial charge is 0.375 e. The predicted octanol–water partition coefficient (Wildman–Crippen LogP) is 4.48. The van der Waals surface area contributed by atoms with E-state index in [9.17, 15) is 13.2 Å². The van der Waals surface area contributed by atoms with Gasteiger partial charge in [-0.3, -0.25) is 4.57 Å². The molecular weight excluding hydrogens is 337 g/mol. The quantitative estimate of drug-likeness (QED) is 0.740. The number of aromatic nitrogens is 3. The molecule has 0 spiro atoms. The first-order valence-corrected chi connectivity index (χ1v) is 8.42. The van der Waals surface area contributed by atoms with E-state index in [1.54, 1.807) is 16.3 Å². The number of pyridine rings is 1. The number of nitrogens with zero attached hydrogens (tertiary/aromatic N) is 3. The predicted molar refractivity (Wildman–Crippen MR) is 87.6 cm³/mol. The molecule has 8 heteroatoms. The molecule has 3 heterocycles. The molecule has 0 fully saturated rings. The maximum absolute atomic E-state index is 13.0. The molecule has 124 valence electrons. The Morgan fingerprint density at radius 2 is 2.04 bits per heavy atom. The maximum Gasteiger partial charge on any atom is 0.433 e. The van der Waals surface area contributed by atoms with E-state index in [4.69, 9.17) is 0 Å². The fraction of sp³-hybridized carbons (Fsp3) is 0.250. The lowest BCUT2D eigenvalue weighted by atomic mass is 10.2. The summed E-state index contributed by atoms with van der Waals surface area (Å²) in [5.74, 6) is 1.48. The Labute approximate surface area is 140 Å². The molecular formula is C16H13F3N4S. The summed E-state index contributed by atoms with van der Waals surface area (Å²) in [7, 11) is 0. The molecule has 0 radical (unpaired) electrons. The van der Waals surface area contributed by atoms with Crippen molar-refractivity contribution in [3.8, 4) is 5.69 Å². The van der Waals surface area contributed by atoms with E-state index in [1.165, 1.54) is 6.07 Å². The molecule has 0 amide bonds. The van der Waals surface area contributed by atoms with E-state index in [2.05, 4.69) is 15.3 Å². The normalized spacial score (nSPS) is 14.0. The highest BCUT2D eigenvalue weighted by Crippen LogP contribution is 2.36. The van der Waals surface area contributed by atoms with Crippen LogP contribution in [0.4, 0.5) is 18.9 Å². The number of benzene rings is 1. The highest BCUT2D eigenvalue weighted by molar-refractivity contribution is 7.99. The molecule has 0 aliphatic carbocycles. The van der Waals surface area contributed by atoms with Crippen LogP contribution in [-0.4, -0.2) is 20.4 Å². The molecule has 2 aromatic heterocycles. The van der Waals surface area contributed by atoms with E-state index in [0.717, 1.165) is 28.2 Å². The first kappa shape index (κ1) is 15.3. The summed E-state index contributed by atoms with van der Waals surface area (Å²) < 4.78 is 40.8.